The molecule has 1 unspecified atom stereocenters. The van der Waals surface area contributed by atoms with Crippen molar-refractivity contribution in [3.8, 4) is 0 Å². The Balaban J connectivity index is 2.21. The number of benzene rings is 2. The number of amides is 1. The molecule has 4 heteroatoms. The SMILES string of the molecule is CN1C(=O)C=NC(c2ccccc2F)c2ccccc21. The topological polar surface area (TPSA) is 32.7 Å². The first kappa shape index (κ1) is 12.5. The van der Waals surface area contributed by atoms with Crippen molar-refractivity contribution in [3.63, 3.8) is 0 Å². The minimum Gasteiger partial charge on any atom is -0.310 e. The molecule has 1 atom stereocenters. The van der Waals surface area contributed by atoms with E-state index in [9.17, 15) is 9.18 Å². The van der Waals surface area contributed by atoms with Gasteiger partial charge in [0.25, 0.3) is 5.91 Å². The Kier molecular flexibility index (Phi) is 3.06. The molecule has 0 radical (unpaired) electrons. The molecule has 0 saturated carbocycles. The van der Waals surface area contributed by atoms with Crippen molar-refractivity contribution >= 4 is 17.8 Å². The first-order chi connectivity index (χ1) is 9.68. The van der Waals surface area contributed by atoms with Crippen LogP contribution in [0.2, 0.25) is 0 Å². The van der Waals surface area contributed by atoms with Crippen LogP contribution >= 0.6 is 0 Å². The fourth-order valence-corrected chi connectivity index (χ4v) is 2.39. The van der Waals surface area contributed by atoms with Crippen LogP contribution in [0.4, 0.5) is 10.1 Å². The van der Waals surface area contributed by atoms with Gasteiger partial charge in [0.2, 0.25) is 0 Å². The van der Waals surface area contributed by atoms with E-state index in [0.29, 0.717) is 5.56 Å². The smallest absolute Gasteiger partial charge is 0.268 e. The van der Waals surface area contributed by atoms with Gasteiger partial charge in [-0.2, -0.15) is 0 Å². The van der Waals surface area contributed by atoms with Gasteiger partial charge in [0.1, 0.15) is 11.9 Å². The van der Waals surface area contributed by atoms with E-state index in [-0.39, 0.29) is 11.7 Å². The summed E-state index contributed by atoms with van der Waals surface area (Å²) in [6.45, 7) is 0. The summed E-state index contributed by atoms with van der Waals surface area (Å²) in [6.07, 6.45) is 1.26. The standard InChI is InChI=1S/C16H13FN2O/c1-19-14-9-5-3-7-12(14)16(18-10-15(19)20)11-6-2-4-8-13(11)17/h2-10,16H,1H3. The van der Waals surface area contributed by atoms with Gasteiger partial charge in [0, 0.05) is 23.9 Å². The Labute approximate surface area is 116 Å². The summed E-state index contributed by atoms with van der Waals surface area (Å²) in [6, 6.07) is 13.5. The second-order valence-electron chi connectivity index (χ2n) is 4.66. The number of halogens is 1. The summed E-state index contributed by atoms with van der Waals surface area (Å²) >= 11 is 0. The van der Waals surface area contributed by atoms with Gasteiger partial charge in [-0.3, -0.25) is 9.79 Å². The summed E-state index contributed by atoms with van der Waals surface area (Å²) in [5.74, 6) is -0.530. The van der Waals surface area contributed by atoms with E-state index in [4.69, 9.17) is 0 Å². The zero-order valence-electron chi connectivity index (χ0n) is 11.0. The summed E-state index contributed by atoms with van der Waals surface area (Å²) < 4.78 is 14.0. The largest absolute Gasteiger partial charge is 0.310 e. The number of rotatable bonds is 1. The van der Waals surface area contributed by atoms with Crippen LogP contribution in [0.1, 0.15) is 17.2 Å². The van der Waals surface area contributed by atoms with E-state index < -0.39 is 6.04 Å². The first-order valence-electron chi connectivity index (χ1n) is 6.32. The van der Waals surface area contributed by atoms with Crippen LogP contribution in [0.25, 0.3) is 0 Å². The van der Waals surface area contributed by atoms with Crippen molar-refractivity contribution in [1.29, 1.82) is 0 Å². The lowest BCUT2D eigenvalue weighted by atomic mass is 9.97. The Hall–Kier alpha value is -2.49. The van der Waals surface area contributed by atoms with E-state index in [1.807, 2.05) is 24.3 Å². The highest BCUT2D eigenvalue weighted by molar-refractivity contribution is 6.33. The highest BCUT2D eigenvalue weighted by Crippen LogP contribution is 2.35. The average Bonchev–Trinajstić information content (AvgIpc) is 2.59. The number of hydrogen-bond donors (Lipinski definition) is 0. The molecule has 0 saturated heterocycles. The van der Waals surface area contributed by atoms with Crippen LogP contribution in [0.5, 0.6) is 0 Å². The van der Waals surface area contributed by atoms with Crippen LogP contribution < -0.4 is 4.90 Å². The van der Waals surface area contributed by atoms with Gasteiger partial charge in [0.05, 0.1) is 6.21 Å². The highest BCUT2D eigenvalue weighted by atomic mass is 19.1. The number of fused-ring (bicyclic) bond motifs is 1. The van der Waals surface area contributed by atoms with Gasteiger partial charge >= 0.3 is 0 Å². The third-order valence-electron chi connectivity index (χ3n) is 3.46. The number of anilines is 1. The van der Waals surface area contributed by atoms with Gasteiger partial charge in [-0.1, -0.05) is 36.4 Å². The predicted octanol–water partition coefficient (Wildman–Crippen LogP) is 2.96. The van der Waals surface area contributed by atoms with Crippen LogP contribution in [0, 0.1) is 5.82 Å². The summed E-state index contributed by atoms with van der Waals surface area (Å²) in [7, 11) is 1.69. The predicted molar refractivity (Wildman–Crippen MR) is 76.6 cm³/mol. The van der Waals surface area contributed by atoms with E-state index in [2.05, 4.69) is 4.99 Å². The molecule has 2 aromatic rings. The van der Waals surface area contributed by atoms with Crippen molar-refractivity contribution in [2.75, 3.05) is 11.9 Å². The summed E-state index contributed by atoms with van der Waals surface area (Å²) in [4.78, 5) is 17.7. The normalized spacial score (nSPS) is 17.8. The minimum absolute atomic E-state index is 0.212. The minimum atomic E-state index is -0.499. The average molecular weight is 268 g/mol. The van der Waals surface area contributed by atoms with E-state index in [1.165, 1.54) is 17.2 Å². The maximum absolute atomic E-state index is 14.0. The van der Waals surface area contributed by atoms with Crippen molar-refractivity contribution in [1.82, 2.24) is 0 Å². The molecule has 0 fully saturated rings. The molecule has 3 rings (SSSR count). The van der Waals surface area contributed by atoms with Crippen molar-refractivity contribution in [2.24, 2.45) is 4.99 Å². The molecule has 0 N–H and O–H groups in total. The monoisotopic (exact) mass is 268 g/mol. The number of aliphatic imine (C=N–C) groups is 1. The lowest BCUT2D eigenvalue weighted by Gasteiger charge is -2.19. The molecular weight excluding hydrogens is 255 g/mol. The molecule has 1 aliphatic heterocycles. The third kappa shape index (κ3) is 1.99. The fourth-order valence-electron chi connectivity index (χ4n) is 2.39. The molecule has 1 amide bonds. The molecular formula is C16H13FN2O. The summed E-state index contributed by atoms with van der Waals surface area (Å²) in [5, 5.41) is 0. The number of para-hydroxylation sites is 1. The zero-order chi connectivity index (χ0) is 14.1. The van der Waals surface area contributed by atoms with E-state index >= 15 is 0 Å². The molecule has 0 spiro atoms. The molecule has 100 valence electrons. The van der Waals surface area contributed by atoms with Gasteiger partial charge < -0.3 is 4.90 Å². The number of nitrogens with zero attached hydrogens (tertiary/aromatic N) is 2. The zero-order valence-corrected chi connectivity index (χ0v) is 11.0. The lowest BCUT2D eigenvalue weighted by Crippen LogP contribution is -2.26. The molecule has 1 aliphatic rings. The molecule has 0 aliphatic carbocycles. The molecule has 0 aromatic heterocycles. The molecule has 0 bridgehead atoms. The summed E-state index contributed by atoms with van der Waals surface area (Å²) in [5.41, 5.74) is 2.05. The Morgan fingerprint density at radius 1 is 1.05 bits per heavy atom. The Morgan fingerprint density at radius 3 is 2.45 bits per heavy atom. The van der Waals surface area contributed by atoms with Crippen molar-refractivity contribution < 1.29 is 9.18 Å². The van der Waals surface area contributed by atoms with E-state index in [0.717, 1.165) is 11.3 Å². The second-order valence-corrected chi connectivity index (χ2v) is 4.66. The molecule has 3 nitrogen and oxygen atoms in total. The quantitative estimate of drug-likeness (QED) is 0.782. The van der Waals surface area contributed by atoms with Crippen molar-refractivity contribution in [2.45, 2.75) is 6.04 Å². The van der Waals surface area contributed by atoms with Gasteiger partial charge in [-0.05, 0) is 12.1 Å². The first-order valence-corrected chi connectivity index (χ1v) is 6.32. The number of carbonyl (C=O) groups is 1. The number of carbonyl (C=O) groups excluding carboxylic acids is 1. The Morgan fingerprint density at radius 2 is 1.70 bits per heavy atom. The maximum Gasteiger partial charge on any atom is 0.268 e. The lowest BCUT2D eigenvalue weighted by molar-refractivity contribution is -0.111. The van der Waals surface area contributed by atoms with Gasteiger partial charge in [-0.15, -0.1) is 0 Å². The molecule has 20 heavy (non-hydrogen) atoms. The van der Waals surface area contributed by atoms with Crippen molar-refractivity contribution in [3.05, 3.63) is 65.5 Å². The number of hydrogen-bond acceptors (Lipinski definition) is 2. The second kappa shape index (κ2) is 4.89. The highest BCUT2D eigenvalue weighted by Gasteiger charge is 2.25. The van der Waals surface area contributed by atoms with Gasteiger partial charge in [0.15, 0.2) is 0 Å². The molecule has 2 aromatic carbocycles. The van der Waals surface area contributed by atoms with Crippen LogP contribution in [0.3, 0.4) is 0 Å². The molecule has 1 heterocycles. The van der Waals surface area contributed by atoms with E-state index in [1.54, 1.807) is 25.2 Å². The fraction of sp³-hybridized carbons (Fsp3) is 0.125. The maximum atomic E-state index is 14.0. The Bertz CT molecular complexity index is 696. The van der Waals surface area contributed by atoms with Crippen LogP contribution in [-0.2, 0) is 4.79 Å². The van der Waals surface area contributed by atoms with Crippen LogP contribution in [-0.4, -0.2) is 19.2 Å². The van der Waals surface area contributed by atoms with Crippen LogP contribution in [0.15, 0.2) is 53.5 Å². The van der Waals surface area contributed by atoms with Gasteiger partial charge in [-0.25, -0.2) is 4.39 Å². The third-order valence-corrected chi connectivity index (χ3v) is 3.46.